The van der Waals surface area contributed by atoms with Crippen molar-refractivity contribution in [1.29, 1.82) is 0 Å². The van der Waals surface area contributed by atoms with E-state index < -0.39 is 0 Å². The lowest BCUT2D eigenvalue weighted by Gasteiger charge is -2.09. The molecular formula is C21H22N4O2. The number of nitrogens with zero attached hydrogens (tertiary/aromatic N) is 2. The molecule has 6 nitrogen and oxygen atoms in total. The maximum absolute atomic E-state index is 12.3. The van der Waals surface area contributed by atoms with Gasteiger partial charge in [0.2, 0.25) is 5.91 Å². The first kappa shape index (κ1) is 18.4. The minimum Gasteiger partial charge on any atom is -0.352 e. The second-order valence-electron chi connectivity index (χ2n) is 6.30. The van der Waals surface area contributed by atoms with Crippen molar-refractivity contribution < 1.29 is 9.59 Å². The van der Waals surface area contributed by atoms with Crippen molar-refractivity contribution in [1.82, 2.24) is 15.1 Å². The molecule has 0 saturated heterocycles. The van der Waals surface area contributed by atoms with Gasteiger partial charge in [-0.05, 0) is 43.2 Å². The molecule has 6 heteroatoms. The lowest BCUT2D eigenvalue weighted by molar-refractivity contribution is -0.114. The van der Waals surface area contributed by atoms with Crippen molar-refractivity contribution in [2.45, 2.75) is 20.3 Å². The highest BCUT2D eigenvalue weighted by molar-refractivity contribution is 5.94. The predicted octanol–water partition coefficient (Wildman–Crippen LogP) is 3.11. The zero-order valence-corrected chi connectivity index (χ0v) is 15.4. The van der Waals surface area contributed by atoms with E-state index in [1.54, 1.807) is 22.9 Å². The van der Waals surface area contributed by atoms with Crippen molar-refractivity contribution >= 4 is 17.6 Å². The molecule has 0 radical (unpaired) electrons. The average Bonchev–Trinajstić information content (AvgIpc) is 3.02. The Balaban J connectivity index is 1.65. The molecule has 0 aliphatic carbocycles. The van der Waals surface area contributed by atoms with Gasteiger partial charge in [-0.25, -0.2) is 4.68 Å². The second kappa shape index (κ2) is 8.31. The van der Waals surface area contributed by atoms with Gasteiger partial charge in [-0.1, -0.05) is 30.3 Å². The Morgan fingerprint density at radius 3 is 2.41 bits per heavy atom. The van der Waals surface area contributed by atoms with E-state index in [2.05, 4.69) is 15.7 Å². The van der Waals surface area contributed by atoms with E-state index in [4.69, 9.17) is 0 Å². The van der Waals surface area contributed by atoms with Crippen LogP contribution >= 0.6 is 0 Å². The van der Waals surface area contributed by atoms with Crippen LogP contribution in [0.15, 0.2) is 60.7 Å². The van der Waals surface area contributed by atoms with Gasteiger partial charge in [-0.3, -0.25) is 9.59 Å². The number of amides is 2. The molecule has 0 atom stereocenters. The van der Waals surface area contributed by atoms with E-state index in [-0.39, 0.29) is 11.8 Å². The number of benzene rings is 2. The fraction of sp³-hybridized carbons (Fsp3) is 0.190. The highest BCUT2D eigenvalue weighted by Gasteiger charge is 2.10. The average molecular weight is 362 g/mol. The van der Waals surface area contributed by atoms with Crippen LogP contribution < -0.4 is 10.6 Å². The first-order valence-electron chi connectivity index (χ1n) is 8.80. The molecule has 0 fully saturated rings. The van der Waals surface area contributed by atoms with Crippen molar-refractivity contribution in [3.63, 3.8) is 0 Å². The number of nitrogens with one attached hydrogen (secondary N) is 2. The summed E-state index contributed by atoms with van der Waals surface area (Å²) in [7, 11) is 0. The number of carbonyl (C=O) groups excluding carboxylic acids is 2. The monoisotopic (exact) mass is 362 g/mol. The summed E-state index contributed by atoms with van der Waals surface area (Å²) in [5.74, 6) is 0.321. The summed E-state index contributed by atoms with van der Waals surface area (Å²) in [6.07, 6.45) is 0.789. The van der Waals surface area contributed by atoms with Crippen molar-refractivity contribution in [2.75, 3.05) is 11.9 Å². The van der Waals surface area contributed by atoms with E-state index in [0.717, 1.165) is 17.8 Å². The number of aromatic nitrogens is 2. The van der Waals surface area contributed by atoms with Crippen LogP contribution in [0, 0.1) is 6.92 Å². The van der Waals surface area contributed by atoms with Crippen molar-refractivity contribution in [3.8, 4) is 5.69 Å². The summed E-state index contributed by atoms with van der Waals surface area (Å²) in [4.78, 5) is 23.7. The van der Waals surface area contributed by atoms with Crippen LogP contribution in [0.3, 0.4) is 0 Å². The zero-order valence-electron chi connectivity index (χ0n) is 15.4. The summed E-state index contributed by atoms with van der Waals surface area (Å²) in [6.45, 7) is 3.89. The van der Waals surface area contributed by atoms with Gasteiger partial charge in [0, 0.05) is 25.1 Å². The molecule has 1 aromatic heterocycles. The molecule has 0 spiro atoms. The third-order valence-electron chi connectivity index (χ3n) is 4.05. The van der Waals surface area contributed by atoms with E-state index >= 15 is 0 Å². The lowest BCUT2D eigenvalue weighted by atomic mass is 10.1. The molecule has 0 unspecified atom stereocenters. The Morgan fingerprint density at radius 1 is 1.04 bits per heavy atom. The van der Waals surface area contributed by atoms with Gasteiger partial charge in [0.1, 0.15) is 5.82 Å². The minimum atomic E-state index is -0.162. The van der Waals surface area contributed by atoms with Crippen LogP contribution in [0.5, 0.6) is 0 Å². The smallest absolute Gasteiger partial charge is 0.251 e. The second-order valence-corrected chi connectivity index (χ2v) is 6.30. The summed E-state index contributed by atoms with van der Waals surface area (Å²) < 4.78 is 1.65. The Kier molecular flexibility index (Phi) is 5.66. The Bertz CT molecular complexity index is 931. The third-order valence-corrected chi connectivity index (χ3v) is 4.05. The van der Waals surface area contributed by atoms with Gasteiger partial charge in [0.15, 0.2) is 0 Å². The van der Waals surface area contributed by atoms with Gasteiger partial charge in [0.05, 0.1) is 11.4 Å². The molecule has 0 aliphatic rings. The molecule has 0 bridgehead atoms. The molecule has 138 valence electrons. The summed E-state index contributed by atoms with van der Waals surface area (Å²) in [5, 5.41) is 10.1. The number of hydrogen-bond donors (Lipinski definition) is 2. The number of rotatable bonds is 6. The lowest BCUT2D eigenvalue weighted by Crippen LogP contribution is -2.25. The third kappa shape index (κ3) is 4.82. The van der Waals surface area contributed by atoms with Crippen molar-refractivity contribution in [2.24, 2.45) is 0 Å². The highest BCUT2D eigenvalue weighted by Crippen LogP contribution is 2.17. The zero-order chi connectivity index (χ0) is 19.2. The molecule has 27 heavy (non-hydrogen) atoms. The van der Waals surface area contributed by atoms with Crippen LogP contribution in [0.4, 0.5) is 5.82 Å². The van der Waals surface area contributed by atoms with Crippen LogP contribution in [0.2, 0.25) is 0 Å². The number of anilines is 1. The van der Waals surface area contributed by atoms with Crippen LogP contribution in [0.1, 0.15) is 28.5 Å². The Labute approximate surface area is 158 Å². The fourth-order valence-electron chi connectivity index (χ4n) is 2.79. The standard InChI is InChI=1S/C21H22N4O2/c1-15-14-20(23-16(2)26)25(24-15)19-10-8-18(9-11-19)21(27)22-13-12-17-6-4-3-5-7-17/h3-11,14H,12-13H2,1-2H3,(H,22,27)(H,23,26). The highest BCUT2D eigenvalue weighted by atomic mass is 16.2. The molecule has 2 amide bonds. The van der Waals surface area contributed by atoms with Crippen LogP contribution in [0.25, 0.3) is 5.69 Å². The first-order valence-corrected chi connectivity index (χ1v) is 8.80. The van der Waals surface area contributed by atoms with E-state index in [1.807, 2.05) is 49.4 Å². The molecule has 1 heterocycles. The van der Waals surface area contributed by atoms with E-state index in [1.165, 1.54) is 12.5 Å². The van der Waals surface area contributed by atoms with Crippen molar-refractivity contribution in [3.05, 3.63) is 77.5 Å². The Hall–Kier alpha value is -3.41. The minimum absolute atomic E-state index is 0.115. The predicted molar refractivity (Wildman–Crippen MR) is 105 cm³/mol. The van der Waals surface area contributed by atoms with Gasteiger partial charge < -0.3 is 10.6 Å². The molecule has 2 N–H and O–H groups in total. The SMILES string of the molecule is CC(=O)Nc1cc(C)nn1-c1ccc(C(=O)NCCc2ccccc2)cc1. The normalized spacial score (nSPS) is 10.4. The molecule has 2 aromatic carbocycles. The van der Waals surface area contributed by atoms with Gasteiger partial charge in [0.25, 0.3) is 5.91 Å². The molecule has 3 aromatic rings. The van der Waals surface area contributed by atoms with Gasteiger partial charge in [-0.2, -0.15) is 5.10 Å². The molecule has 3 rings (SSSR count). The maximum atomic E-state index is 12.3. The fourth-order valence-corrected chi connectivity index (χ4v) is 2.79. The maximum Gasteiger partial charge on any atom is 0.251 e. The van der Waals surface area contributed by atoms with Crippen LogP contribution in [-0.2, 0) is 11.2 Å². The quantitative estimate of drug-likeness (QED) is 0.707. The van der Waals surface area contributed by atoms with Gasteiger partial charge in [-0.15, -0.1) is 0 Å². The van der Waals surface area contributed by atoms with E-state index in [9.17, 15) is 9.59 Å². The molecular weight excluding hydrogens is 340 g/mol. The molecule has 0 saturated carbocycles. The summed E-state index contributed by atoms with van der Waals surface area (Å²) in [5.41, 5.74) is 3.33. The number of hydrogen-bond acceptors (Lipinski definition) is 3. The summed E-state index contributed by atoms with van der Waals surface area (Å²) >= 11 is 0. The van der Waals surface area contributed by atoms with E-state index in [0.29, 0.717) is 17.9 Å². The molecule has 0 aliphatic heterocycles. The largest absolute Gasteiger partial charge is 0.352 e. The van der Waals surface area contributed by atoms with Gasteiger partial charge >= 0.3 is 0 Å². The number of carbonyl (C=O) groups is 2. The topological polar surface area (TPSA) is 76.0 Å². The summed E-state index contributed by atoms with van der Waals surface area (Å²) in [6, 6.07) is 19.0. The Morgan fingerprint density at radius 2 is 1.74 bits per heavy atom. The first-order chi connectivity index (χ1) is 13.0. The van der Waals surface area contributed by atoms with Crippen LogP contribution in [-0.4, -0.2) is 28.1 Å². The number of aryl methyl sites for hydroxylation is 1.